The largest absolute Gasteiger partial charge is 0.369 e. The van der Waals surface area contributed by atoms with Crippen LogP contribution in [0.3, 0.4) is 0 Å². The zero-order valence-electron chi connectivity index (χ0n) is 19.4. The molecule has 1 N–H and O–H groups in total. The summed E-state index contributed by atoms with van der Waals surface area (Å²) in [4.78, 5) is 27.5. The maximum atomic E-state index is 13.2. The molecule has 3 aromatic heterocycles. The van der Waals surface area contributed by atoms with Crippen molar-refractivity contribution in [2.75, 3.05) is 42.9 Å². The number of aromatic nitrogens is 6. The Morgan fingerprint density at radius 3 is 2.53 bits per heavy atom. The van der Waals surface area contributed by atoms with E-state index in [-0.39, 0.29) is 11.6 Å². The van der Waals surface area contributed by atoms with Gasteiger partial charge in [-0.15, -0.1) is 10.2 Å². The molecule has 1 saturated carbocycles. The third-order valence-electron chi connectivity index (χ3n) is 7.19. The first-order valence-corrected chi connectivity index (χ1v) is 12.2. The number of fused-ring (bicyclic) bond motifs is 3. The lowest BCUT2D eigenvalue weighted by Gasteiger charge is -2.35. The molecule has 1 aliphatic carbocycles. The second-order valence-corrected chi connectivity index (χ2v) is 9.13. The molecule has 0 amide bonds. The van der Waals surface area contributed by atoms with E-state index in [1.807, 2.05) is 0 Å². The van der Waals surface area contributed by atoms with Crippen LogP contribution < -0.4 is 15.8 Å². The minimum absolute atomic E-state index is 0.131. The molecule has 0 atom stereocenters. The summed E-state index contributed by atoms with van der Waals surface area (Å²) in [7, 11) is 0. The van der Waals surface area contributed by atoms with Crippen molar-refractivity contribution < 1.29 is 0 Å². The Labute approximate surface area is 197 Å². The summed E-state index contributed by atoms with van der Waals surface area (Å²) in [6.45, 7) is 7.62. The Hall–Kier alpha value is -3.53. The summed E-state index contributed by atoms with van der Waals surface area (Å²) < 4.78 is 3.48. The highest BCUT2D eigenvalue weighted by Crippen LogP contribution is 2.31. The van der Waals surface area contributed by atoms with Crippen LogP contribution in [0.25, 0.3) is 16.8 Å². The Bertz CT molecular complexity index is 1360. The predicted molar refractivity (Wildman–Crippen MR) is 132 cm³/mol. The minimum atomic E-state index is -0.144. The quantitative estimate of drug-likeness (QED) is 0.487. The monoisotopic (exact) mass is 459 g/mol. The molecular formula is C24H29N9O. The molecule has 0 spiro atoms. The van der Waals surface area contributed by atoms with Crippen LogP contribution in [-0.4, -0.2) is 66.8 Å². The van der Waals surface area contributed by atoms with Crippen molar-refractivity contribution in [3.8, 4) is 0 Å². The number of nitrogens with one attached hydrogen (secondary N) is 1. The van der Waals surface area contributed by atoms with Gasteiger partial charge in [0.15, 0.2) is 5.65 Å². The van der Waals surface area contributed by atoms with E-state index in [1.54, 1.807) is 21.5 Å². The van der Waals surface area contributed by atoms with Gasteiger partial charge in [-0.2, -0.15) is 4.98 Å². The van der Waals surface area contributed by atoms with Crippen molar-refractivity contribution >= 4 is 34.1 Å². The highest BCUT2D eigenvalue weighted by molar-refractivity contribution is 5.75. The molecular weight excluding hydrogens is 430 g/mol. The molecule has 10 heteroatoms. The summed E-state index contributed by atoms with van der Waals surface area (Å²) in [6, 6.07) is 8.52. The lowest BCUT2D eigenvalue weighted by atomic mass is 10.2. The maximum absolute atomic E-state index is 13.2. The molecule has 0 radical (unpaired) electrons. The average molecular weight is 460 g/mol. The van der Waals surface area contributed by atoms with E-state index >= 15 is 0 Å². The number of anilines is 3. The Morgan fingerprint density at radius 2 is 1.79 bits per heavy atom. The zero-order valence-corrected chi connectivity index (χ0v) is 19.4. The second-order valence-electron chi connectivity index (χ2n) is 9.13. The summed E-state index contributed by atoms with van der Waals surface area (Å²) in [6.07, 6.45) is 7.47. The van der Waals surface area contributed by atoms with Crippen LogP contribution in [0.15, 0.2) is 41.6 Å². The summed E-state index contributed by atoms with van der Waals surface area (Å²) in [5.41, 5.74) is 3.67. The highest BCUT2D eigenvalue weighted by Gasteiger charge is 2.24. The lowest BCUT2D eigenvalue weighted by Crippen LogP contribution is -2.46. The van der Waals surface area contributed by atoms with E-state index in [1.165, 1.54) is 5.69 Å². The fourth-order valence-electron chi connectivity index (χ4n) is 5.24. The van der Waals surface area contributed by atoms with Crippen LogP contribution in [0.4, 0.5) is 17.3 Å². The second kappa shape index (κ2) is 8.68. The summed E-state index contributed by atoms with van der Waals surface area (Å²) in [5, 5.41) is 11.3. The van der Waals surface area contributed by atoms with E-state index in [4.69, 9.17) is 4.98 Å². The third kappa shape index (κ3) is 3.67. The van der Waals surface area contributed by atoms with E-state index in [9.17, 15) is 4.79 Å². The Kier molecular flexibility index (Phi) is 5.37. The number of nitrogens with zero attached hydrogens (tertiary/aromatic N) is 8. The Balaban J connectivity index is 1.30. The standard InChI is InChI=1S/C24H29N9O/c1-2-30-11-13-31(14-12-30)18-9-7-17(8-10-18)27-24-25-15-20-21(28-24)33(19-5-3-4-6-19)23(34)22-29-26-16-32(20)22/h7-10,15-16,19H,2-6,11-14H2,1H3,(H,25,27,28). The molecule has 0 bridgehead atoms. The number of rotatable bonds is 5. The van der Waals surface area contributed by atoms with Crippen LogP contribution in [0.5, 0.6) is 0 Å². The van der Waals surface area contributed by atoms with Gasteiger partial charge in [-0.25, -0.2) is 4.98 Å². The van der Waals surface area contributed by atoms with Gasteiger partial charge >= 0.3 is 0 Å². The minimum Gasteiger partial charge on any atom is -0.369 e. The fraction of sp³-hybridized carbons (Fsp3) is 0.458. The van der Waals surface area contributed by atoms with Gasteiger partial charge in [0.1, 0.15) is 11.8 Å². The lowest BCUT2D eigenvalue weighted by molar-refractivity contribution is 0.271. The summed E-state index contributed by atoms with van der Waals surface area (Å²) >= 11 is 0. The van der Waals surface area contributed by atoms with E-state index < -0.39 is 0 Å². The van der Waals surface area contributed by atoms with Gasteiger partial charge in [-0.1, -0.05) is 19.8 Å². The van der Waals surface area contributed by atoms with E-state index in [0.29, 0.717) is 17.2 Å². The molecule has 4 aromatic rings. The van der Waals surface area contributed by atoms with Crippen molar-refractivity contribution in [2.24, 2.45) is 0 Å². The molecule has 34 heavy (non-hydrogen) atoms. The molecule has 1 saturated heterocycles. The van der Waals surface area contributed by atoms with Gasteiger partial charge in [-0.05, 0) is 43.7 Å². The number of likely N-dealkylation sites (N-methyl/N-ethyl adjacent to an activating group) is 1. The number of benzene rings is 1. The molecule has 4 heterocycles. The van der Waals surface area contributed by atoms with Crippen LogP contribution >= 0.6 is 0 Å². The van der Waals surface area contributed by atoms with Gasteiger partial charge in [0.2, 0.25) is 11.6 Å². The molecule has 1 aliphatic heterocycles. The van der Waals surface area contributed by atoms with E-state index in [0.717, 1.165) is 69.6 Å². The van der Waals surface area contributed by atoms with Crippen molar-refractivity contribution in [1.82, 2.24) is 34.0 Å². The smallest absolute Gasteiger partial charge is 0.298 e. The van der Waals surface area contributed by atoms with Gasteiger partial charge < -0.3 is 15.1 Å². The van der Waals surface area contributed by atoms with Crippen LogP contribution in [0.1, 0.15) is 38.6 Å². The maximum Gasteiger partial charge on any atom is 0.298 e. The molecule has 1 aromatic carbocycles. The molecule has 0 unspecified atom stereocenters. The molecule has 10 nitrogen and oxygen atoms in total. The SMILES string of the molecule is CCN1CCN(c2ccc(Nc3ncc4c(n3)n(C3CCCC3)c(=O)c3nncn34)cc2)CC1. The predicted octanol–water partition coefficient (Wildman–Crippen LogP) is 2.83. The zero-order chi connectivity index (χ0) is 23.1. The summed E-state index contributed by atoms with van der Waals surface area (Å²) in [5.74, 6) is 0.468. The number of piperazine rings is 1. The first kappa shape index (κ1) is 21.0. The van der Waals surface area contributed by atoms with Crippen LogP contribution in [-0.2, 0) is 0 Å². The van der Waals surface area contributed by atoms with Crippen LogP contribution in [0, 0.1) is 0 Å². The van der Waals surface area contributed by atoms with Crippen molar-refractivity contribution in [3.63, 3.8) is 0 Å². The van der Waals surface area contributed by atoms with Crippen molar-refractivity contribution in [2.45, 2.75) is 38.6 Å². The first-order valence-electron chi connectivity index (χ1n) is 12.2. The third-order valence-corrected chi connectivity index (χ3v) is 7.19. The average Bonchev–Trinajstić information content (AvgIpc) is 3.58. The van der Waals surface area contributed by atoms with Crippen molar-refractivity contribution in [1.29, 1.82) is 0 Å². The van der Waals surface area contributed by atoms with Crippen LogP contribution in [0.2, 0.25) is 0 Å². The van der Waals surface area contributed by atoms with Gasteiger partial charge in [0, 0.05) is 43.6 Å². The normalized spacial score (nSPS) is 17.7. The molecule has 176 valence electrons. The Morgan fingerprint density at radius 1 is 1.03 bits per heavy atom. The van der Waals surface area contributed by atoms with Gasteiger partial charge in [0.25, 0.3) is 5.56 Å². The molecule has 2 aliphatic rings. The van der Waals surface area contributed by atoms with Gasteiger partial charge in [0.05, 0.1) is 6.20 Å². The highest BCUT2D eigenvalue weighted by atomic mass is 16.1. The topological polar surface area (TPSA) is 96.5 Å². The molecule has 2 fully saturated rings. The number of hydrogen-bond donors (Lipinski definition) is 1. The van der Waals surface area contributed by atoms with E-state index in [2.05, 4.69) is 61.5 Å². The fourth-order valence-corrected chi connectivity index (χ4v) is 5.24. The van der Waals surface area contributed by atoms with Gasteiger partial charge in [-0.3, -0.25) is 13.8 Å². The van der Waals surface area contributed by atoms with Crippen molar-refractivity contribution in [3.05, 3.63) is 47.1 Å². The number of hydrogen-bond acceptors (Lipinski definition) is 8. The first-order chi connectivity index (χ1) is 16.7. The molecule has 6 rings (SSSR count).